The lowest BCUT2D eigenvalue weighted by molar-refractivity contribution is 0.475. The molecule has 2 rings (SSSR count). The predicted molar refractivity (Wildman–Crippen MR) is 88.7 cm³/mol. The van der Waals surface area contributed by atoms with Crippen molar-refractivity contribution in [3.63, 3.8) is 0 Å². The lowest BCUT2D eigenvalue weighted by Gasteiger charge is -2.10. The SMILES string of the molecule is Cc1cc(Br)c(S(=O)(=O)NCc2ccc(O)cc2)cc1Br. The van der Waals surface area contributed by atoms with E-state index in [1.165, 1.54) is 12.1 Å². The lowest BCUT2D eigenvalue weighted by atomic mass is 10.2. The maximum absolute atomic E-state index is 12.3. The highest BCUT2D eigenvalue weighted by Gasteiger charge is 2.18. The van der Waals surface area contributed by atoms with Crippen molar-refractivity contribution < 1.29 is 13.5 Å². The first-order valence-electron chi connectivity index (χ1n) is 6.03. The molecule has 112 valence electrons. The van der Waals surface area contributed by atoms with Gasteiger partial charge in [0.2, 0.25) is 10.0 Å². The molecule has 0 aliphatic carbocycles. The minimum Gasteiger partial charge on any atom is -0.508 e. The van der Waals surface area contributed by atoms with Crippen LogP contribution in [0.1, 0.15) is 11.1 Å². The lowest BCUT2D eigenvalue weighted by Crippen LogP contribution is -2.23. The number of aryl methyl sites for hydroxylation is 1. The van der Waals surface area contributed by atoms with Gasteiger partial charge in [0, 0.05) is 15.5 Å². The van der Waals surface area contributed by atoms with Crippen LogP contribution in [0.15, 0.2) is 50.2 Å². The fourth-order valence-corrected chi connectivity index (χ4v) is 4.40. The maximum atomic E-state index is 12.3. The second kappa shape index (κ2) is 6.48. The molecule has 0 radical (unpaired) electrons. The molecule has 0 heterocycles. The summed E-state index contributed by atoms with van der Waals surface area (Å²) in [6.45, 7) is 2.04. The minimum absolute atomic E-state index is 0.145. The van der Waals surface area contributed by atoms with Gasteiger partial charge in [-0.15, -0.1) is 0 Å². The van der Waals surface area contributed by atoms with E-state index in [-0.39, 0.29) is 17.2 Å². The molecule has 0 bridgehead atoms. The summed E-state index contributed by atoms with van der Waals surface area (Å²) in [5.74, 6) is 0.145. The van der Waals surface area contributed by atoms with Crippen molar-refractivity contribution in [2.45, 2.75) is 18.4 Å². The summed E-state index contributed by atoms with van der Waals surface area (Å²) in [4.78, 5) is 0.179. The Bertz CT molecular complexity index is 759. The summed E-state index contributed by atoms with van der Waals surface area (Å²) in [5, 5.41) is 9.21. The average molecular weight is 435 g/mol. The Balaban J connectivity index is 2.22. The Morgan fingerprint density at radius 2 is 1.71 bits per heavy atom. The van der Waals surface area contributed by atoms with Crippen molar-refractivity contribution in [3.05, 3.63) is 56.5 Å². The molecule has 4 nitrogen and oxygen atoms in total. The average Bonchev–Trinajstić information content (AvgIpc) is 2.42. The summed E-state index contributed by atoms with van der Waals surface area (Å²) in [7, 11) is -3.63. The number of hydrogen-bond acceptors (Lipinski definition) is 3. The molecule has 0 aromatic heterocycles. The van der Waals surface area contributed by atoms with Crippen LogP contribution in [-0.2, 0) is 16.6 Å². The van der Waals surface area contributed by atoms with Crippen LogP contribution in [0.2, 0.25) is 0 Å². The van der Waals surface area contributed by atoms with Gasteiger partial charge in [-0.1, -0.05) is 28.1 Å². The summed E-state index contributed by atoms with van der Waals surface area (Å²) < 4.78 is 28.5. The molecule has 0 amide bonds. The van der Waals surface area contributed by atoms with Crippen LogP contribution in [0.3, 0.4) is 0 Å². The molecular weight excluding hydrogens is 422 g/mol. The number of rotatable bonds is 4. The smallest absolute Gasteiger partial charge is 0.242 e. The van der Waals surface area contributed by atoms with Crippen LogP contribution in [0, 0.1) is 6.92 Å². The van der Waals surface area contributed by atoms with Crippen LogP contribution < -0.4 is 4.72 Å². The number of phenols is 1. The first kappa shape index (κ1) is 16.5. The van der Waals surface area contributed by atoms with E-state index in [0.29, 0.717) is 4.47 Å². The van der Waals surface area contributed by atoms with E-state index in [4.69, 9.17) is 0 Å². The molecule has 0 atom stereocenters. The summed E-state index contributed by atoms with van der Waals surface area (Å²) in [6.07, 6.45) is 0. The van der Waals surface area contributed by atoms with Crippen LogP contribution in [-0.4, -0.2) is 13.5 Å². The number of nitrogens with one attached hydrogen (secondary N) is 1. The molecule has 2 N–H and O–H groups in total. The van der Waals surface area contributed by atoms with Crippen molar-refractivity contribution in [2.24, 2.45) is 0 Å². The fraction of sp³-hybridized carbons (Fsp3) is 0.143. The molecule has 2 aromatic rings. The first-order chi connectivity index (χ1) is 9.79. The van der Waals surface area contributed by atoms with Gasteiger partial charge in [0.05, 0.1) is 4.90 Å². The molecule has 0 spiro atoms. The number of hydrogen-bond donors (Lipinski definition) is 2. The van der Waals surface area contributed by atoms with E-state index in [9.17, 15) is 13.5 Å². The molecule has 2 aromatic carbocycles. The van der Waals surface area contributed by atoms with Gasteiger partial charge >= 0.3 is 0 Å². The fourth-order valence-electron chi connectivity index (χ4n) is 1.70. The topological polar surface area (TPSA) is 66.4 Å². The van der Waals surface area contributed by atoms with Gasteiger partial charge in [0.1, 0.15) is 5.75 Å². The van der Waals surface area contributed by atoms with E-state index >= 15 is 0 Å². The molecule has 0 saturated heterocycles. The summed E-state index contributed by atoms with van der Waals surface area (Å²) in [6, 6.07) is 9.68. The molecule has 0 unspecified atom stereocenters. The number of halogens is 2. The summed E-state index contributed by atoms with van der Waals surface area (Å²) in [5.41, 5.74) is 1.71. The molecule has 0 aliphatic rings. The van der Waals surface area contributed by atoms with Crippen molar-refractivity contribution in [3.8, 4) is 5.75 Å². The quantitative estimate of drug-likeness (QED) is 0.770. The second-order valence-corrected chi connectivity index (χ2v) is 7.97. The Morgan fingerprint density at radius 1 is 1.10 bits per heavy atom. The van der Waals surface area contributed by atoms with Gasteiger partial charge in [0.25, 0.3) is 0 Å². The molecular formula is C14H13Br2NO3S. The van der Waals surface area contributed by atoms with E-state index in [1.807, 2.05) is 6.92 Å². The van der Waals surface area contributed by atoms with Crippen molar-refractivity contribution in [1.82, 2.24) is 4.72 Å². The third-order valence-electron chi connectivity index (χ3n) is 2.91. The van der Waals surface area contributed by atoms with Crippen LogP contribution in [0.4, 0.5) is 0 Å². The Hall–Kier alpha value is -0.890. The van der Waals surface area contributed by atoms with E-state index in [1.54, 1.807) is 24.3 Å². The zero-order valence-corrected chi connectivity index (χ0v) is 15.1. The van der Waals surface area contributed by atoms with Crippen LogP contribution in [0.5, 0.6) is 5.75 Å². The second-order valence-electron chi connectivity index (χ2n) is 4.52. The van der Waals surface area contributed by atoms with Crippen LogP contribution >= 0.6 is 31.9 Å². The Morgan fingerprint density at radius 3 is 2.33 bits per heavy atom. The molecule has 0 saturated carbocycles. The van der Waals surface area contributed by atoms with Gasteiger partial charge < -0.3 is 5.11 Å². The first-order valence-corrected chi connectivity index (χ1v) is 9.10. The van der Waals surface area contributed by atoms with E-state index < -0.39 is 10.0 Å². The highest BCUT2D eigenvalue weighted by molar-refractivity contribution is 9.11. The normalized spacial score (nSPS) is 11.6. The molecule has 0 aliphatic heterocycles. The van der Waals surface area contributed by atoms with Gasteiger partial charge in [-0.3, -0.25) is 0 Å². The third kappa shape index (κ3) is 4.06. The van der Waals surface area contributed by atoms with Gasteiger partial charge in [0.15, 0.2) is 0 Å². The maximum Gasteiger partial charge on any atom is 0.242 e. The van der Waals surface area contributed by atoms with Gasteiger partial charge in [-0.25, -0.2) is 13.1 Å². The predicted octanol–water partition coefficient (Wildman–Crippen LogP) is 3.70. The highest BCUT2D eigenvalue weighted by atomic mass is 79.9. The Labute approximate surface area is 140 Å². The molecule has 7 heteroatoms. The number of sulfonamides is 1. The summed E-state index contributed by atoms with van der Waals surface area (Å²) >= 11 is 6.62. The van der Waals surface area contributed by atoms with E-state index in [0.717, 1.165) is 15.6 Å². The monoisotopic (exact) mass is 433 g/mol. The van der Waals surface area contributed by atoms with Gasteiger partial charge in [-0.05, 0) is 58.2 Å². The minimum atomic E-state index is -3.63. The molecule has 21 heavy (non-hydrogen) atoms. The highest BCUT2D eigenvalue weighted by Crippen LogP contribution is 2.28. The number of benzene rings is 2. The zero-order valence-electron chi connectivity index (χ0n) is 11.1. The molecule has 0 fully saturated rings. The number of aromatic hydroxyl groups is 1. The van der Waals surface area contributed by atoms with Crippen molar-refractivity contribution in [1.29, 1.82) is 0 Å². The van der Waals surface area contributed by atoms with Gasteiger partial charge in [-0.2, -0.15) is 0 Å². The largest absolute Gasteiger partial charge is 0.508 e. The Kier molecular flexibility index (Phi) is 5.08. The standard InChI is InChI=1S/C14H13Br2NO3S/c1-9-6-13(16)14(7-12(9)15)21(19,20)17-8-10-2-4-11(18)5-3-10/h2-7,17-18H,8H2,1H3. The van der Waals surface area contributed by atoms with Crippen LogP contribution in [0.25, 0.3) is 0 Å². The number of phenolic OH excluding ortho intramolecular Hbond substituents is 1. The zero-order chi connectivity index (χ0) is 15.6. The van der Waals surface area contributed by atoms with Crippen molar-refractivity contribution in [2.75, 3.05) is 0 Å². The third-order valence-corrected chi connectivity index (χ3v) is 6.12. The van der Waals surface area contributed by atoms with Crippen molar-refractivity contribution >= 4 is 41.9 Å². The van der Waals surface area contributed by atoms with E-state index in [2.05, 4.69) is 36.6 Å².